The SMILES string of the molecule is Cn1nc(-c2ccc(Cl)c(C(F)(F)F)c2)nc1N1CCOCC1. The van der Waals surface area contributed by atoms with E-state index in [1.165, 1.54) is 12.1 Å². The van der Waals surface area contributed by atoms with Crippen LogP contribution in [-0.2, 0) is 18.0 Å². The molecule has 0 unspecified atom stereocenters. The number of aromatic nitrogens is 3. The Labute approximate surface area is 135 Å². The van der Waals surface area contributed by atoms with Gasteiger partial charge in [-0.3, -0.25) is 0 Å². The number of rotatable bonds is 2. The van der Waals surface area contributed by atoms with Gasteiger partial charge in [-0.25, -0.2) is 4.68 Å². The molecule has 1 fully saturated rings. The van der Waals surface area contributed by atoms with Crippen molar-refractivity contribution < 1.29 is 17.9 Å². The lowest BCUT2D eigenvalue weighted by molar-refractivity contribution is -0.137. The first-order valence-electron chi connectivity index (χ1n) is 6.97. The molecule has 1 aromatic carbocycles. The number of ether oxygens (including phenoxy) is 1. The van der Waals surface area contributed by atoms with E-state index in [4.69, 9.17) is 16.3 Å². The molecular formula is C14H14ClF3N4O. The molecule has 23 heavy (non-hydrogen) atoms. The minimum absolute atomic E-state index is 0.233. The molecule has 124 valence electrons. The number of benzene rings is 1. The van der Waals surface area contributed by atoms with E-state index in [2.05, 4.69) is 10.1 Å². The fraction of sp³-hybridized carbons (Fsp3) is 0.429. The molecule has 0 radical (unpaired) electrons. The molecule has 2 heterocycles. The fourth-order valence-corrected chi connectivity index (χ4v) is 2.64. The zero-order chi connectivity index (χ0) is 16.6. The fourth-order valence-electron chi connectivity index (χ4n) is 2.42. The lowest BCUT2D eigenvalue weighted by atomic mass is 10.1. The summed E-state index contributed by atoms with van der Waals surface area (Å²) in [5.41, 5.74) is -0.617. The maximum atomic E-state index is 13.0. The summed E-state index contributed by atoms with van der Waals surface area (Å²) < 4.78 is 45.7. The molecule has 1 aliphatic rings. The van der Waals surface area contributed by atoms with Crippen LogP contribution >= 0.6 is 11.6 Å². The van der Waals surface area contributed by atoms with Gasteiger partial charge in [-0.15, -0.1) is 5.10 Å². The van der Waals surface area contributed by atoms with Gasteiger partial charge in [0.1, 0.15) is 0 Å². The van der Waals surface area contributed by atoms with Crippen molar-refractivity contribution in [2.24, 2.45) is 7.05 Å². The number of hydrogen-bond donors (Lipinski definition) is 0. The van der Waals surface area contributed by atoms with Crippen molar-refractivity contribution in [3.8, 4) is 11.4 Å². The van der Waals surface area contributed by atoms with Gasteiger partial charge in [0.05, 0.1) is 23.8 Å². The van der Waals surface area contributed by atoms with Gasteiger partial charge in [-0.05, 0) is 18.2 Å². The second-order valence-electron chi connectivity index (χ2n) is 5.15. The zero-order valence-electron chi connectivity index (χ0n) is 12.3. The third kappa shape index (κ3) is 3.28. The monoisotopic (exact) mass is 346 g/mol. The molecule has 0 atom stereocenters. The Morgan fingerprint density at radius 3 is 2.57 bits per heavy atom. The van der Waals surface area contributed by atoms with Crippen LogP contribution in [0.2, 0.25) is 5.02 Å². The minimum atomic E-state index is -4.52. The second-order valence-corrected chi connectivity index (χ2v) is 5.56. The Morgan fingerprint density at radius 2 is 1.91 bits per heavy atom. The highest BCUT2D eigenvalue weighted by Gasteiger charge is 2.33. The predicted octanol–water partition coefficient (Wildman–Crippen LogP) is 2.99. The summed E-state index contributed by atoms with van der Waals surface area (Å²) in [5, 5.41) is 3.88. The molecule has 0 bridgehead atoms. The average Bonchev–Trinajstić information content (AvgIpc) is 2.89. The standard InChI is InChI=1S/C14H14ClF3N4O/c1-21-13(22-4-6-23-7-5-22)19-12(20-21)9-2-3-11(15)10(8-9)14(16,17)18/h2-3,8H,4-7H2,1H3. The molecule has 0 N–H and O–H groups in total. The molecule has 1 aromatic heterocycles. The zero-order valence-corrected chi connectivity index (χ0v) is 13.0. The maximum Gasteiger partial charge on any atom is 0.417 e. The van der Waals surface area contributed by atoms with E-state index in [0.717, 1.165) is 6.07 Å². The van der Waals surface area contributed by atoms with Crippen molar-refractivity contribution in [3.05, 3.63) is 28.8 Å². The smallest absolute Gasteiger partial charge is 0.378 e. The molecule has 0 spiro atoms. The van der Waals surface area contributed by atoms with Gasteiger partial charge in [-0.2, -0.15) is 18.2 Å². The number of nitrogens with zero attached hydrogens (tertiary/aromatic N) is 4. The highest BCUT2D eigenvalue weighted by molar-refractivity contribution is 6.31. The van der Waals surface area contributed by atoms with E-state index in [-0.39, 0.29) is 16.4 Å². The molecule has 3 rings (SSSR count). The molecule has 0 amide bonds. The first-order chi connectivity index (χ1) is 10.9. The highest BCUT2D eigenvalue weighted by Crippen LogP contribution is 2.36. The molecular weight excluding hydrogens is 333 g/mol. The quantitative estimate of drug-likeness (QED) is 0.838. The van der Waals surface area contributed by atoms with E-state index < -0.39 is 11.7 Å². The number of alkyl halides is 3. The van der Waals surface area contributed by atoms with Gasteiger partial charge < -0.3 is 9.64 Å². The number of morpholine rings is 1. The molecule has 2 aromatic rings. The number of halogens is 4. The number of hydrogen-bond acceptors (Lipinski definition) is 4. The topological polar surface area (TPSA) is 43.2 Å². The largest absolute Gasteiger partial charge is 0.417 e. The molecule has 5 nitrogen and oxygen atoms in total. The Bertz CT molecular complexity index is 711. The van der Waals surface area contributed by atoms with Crippen molar-refractivity contribution in [3.63, 3.8) is 0 Å². The molecule has 9 heteroatoms. The van der Waals surface area contributed by atoms with E-state index in [0.29, 0.717) is 32.3 Å². The van der Waals surface area contributed by atoms with Crippen molar-refractivity contribution in [1.29, 1.82) is 0 Å². The van der Waals surface area contributed by atoms with Crippen molar-refractivity contribution in [1.82, 2.24) is 14.8 Å². The lowest BCUT2D eigenvalue weighted by Gasteiger charge is -2.26. The van der Waals surface area contributed by atoms with Crippen LogP contribution in [0.4, 0.5) is 19.1 Å². The summed E-state index contributed by atoms with van der Waals surface area (Å²) in [4.78, 5) is 6.36. The van der Waals surface area contributed by atoms with Crippen molar-refractivity contribution in [2.45, 2.75) is 6.18 Å². The van der Waals surface area contributed by atoms with E-state index >= 15 is 0 Å². The minimum Gasteiger partial charge on any atom is -0.378 e. The first-order valence-corrected chi connectivity index (χ1v) is 7.35. The van der Waals surface area contributed by atoms with Crippen LogP contribution in [-0.4, -0.2) is 41.1 Å². The Balaban J connectivity index is 1.96. The van der Waals surface area contributed by atoms with E-state index in [1.54, 1.807) is 11.7 Å². The summed E-state index contributed by atoms with van der Waals surface area (Å²) in [5.74, 6) is 0.836. The van der Waals surface area contributed by atoms with Gasteiger partial charge in [0.2, 0.25) is 5.95 Å². The van der Waals surface area contributed by atoms with Gasteiger partial charge in [0, 0.05) is 25.7 Å². The molecule has 0 saturated carbocycles. The van der Waals surface area contributed by atoms with Crippen LogP contribution in [0.3, 0.4) is 0 Å². The van der Waals surface area contributed by atoms with Crippen LogP contribution in [0.15, 0.2) is 18.2 Å². The van der Waals surface area contributed by atoms with Gasteiger partial charge in [-0.1, -0.05) is 11.6 Å². The molecule has 1 saturated heterocycles. The molecule has 1 aliphatic heterocycles. The average molecular weight is 347 g/mol. The summed E-state index contributed by atoms with van der Waals surface area (Å²) >= 11 is 5.64. The normalized spacial score (nSPS) is 16.0. The second kappa shape index (κ2) is 6.01. The van der Waals surface area contributed by atoms with Crippen LogP contribution < -0.4 is 4.90 Å². The van der Waals surface area contributed by atoms with E-state index in [9.17, 15) is 13.2 Å². The van der Waals surface area contributed by atoms with Gasteiger partial charge in [0.15, 0.2) is 5.82 Å². The third-order valence-corrected chi connectivity index (χ3v) is 3.89. The van der Waals surface area contributed by atoms with Crippen molar-refractivity contribution in [2.75, 3.05) is 31.2 Å². The molecule has 0 aliphatic carbocycles. The van der Waals surface area contributed by atoms with Crippen molar-refractivity contribution >= 4 is 17.5 Å². The van der Waals surface area contributed by atoms with E-state index in [1.807, 2.05) is 4.90 Å². The lowest BCUT2D eigenvalue weighted by Crippen LogP contribution is -2.37. The summed E-state index contributed by atoms with van der Waals surface area (Å²) in [6.07, 6.45) is -4.52. The maximum absolute atomic E-state index is 13.0. The Kier molecular flexibility index (Phi) is 4.20. The van der Waals surface area contributed by atoms with Gasteiger partial charge in [0.25, 0.3) is 0 Å². The van der Waals surface area contributed by atoms with Crippen LogP contribution in [0.25, 0.3) is 11.4 Å². The third-order valence-electron chi connectivity index (χ3n) is 3.56. The predicted molar refractivity (Wildman–Crippen MR) is 79.5 cm³/mol. The van der Waals surface area contributed by atoms with Gasteiger partial charge >= 0.3 is 6.18 Å². The summed E-state index contributed by atoms with van der Waals surface area (Å²) in [6, 6.07) is 3.67. The van der Waals surface area contributed by atoms with Crippen LogP contribution in [0.5, 0.6) is 0 Å². The van der Waals surface area contributed by atoms with Crippen LogP contribution in [0, 0.1) is 0 Å². The first kappa shape index (κ1) is 16.1. The van der Waals surface area contributed by atoms with Crippen LogP contribution in [0.1, 0.15) is 5.56 Å². The Hall–Kier alpha value is -1.80. The number of aryl methyl sites for hydroxylation is 1. The summed E-state index contributed by atoms with van der Waals surface area (Å²) in [7, 11) is 1.71. The Morgan fingerprint density at radius 1 is 1.22 bits per heavy atom. The highest BCUT2D eigenvalue weighted by atomic mass is 35.5. The number of anilines is 1. The summed E-state index contributed by atoms with van der Waals surface area (Å²) in [6.45, 7) is 2.50.